The van der Waals surface area contributed by atoms with Crippen LogP contribution in [0.4, 0.5) is 0 Å². The van der Waals surface area contributed by atoms with E-state index in [1.165, 1.54) is 0 Å². The van der Waals surface area contributed by atoms with Crippen LogP contribution in [0.3, 0.4) is 0 Å². The molecular formula is C24H29ClO4. The van der Waals surface area contributed by atoms with Gasteiger partial charge in [-0.15, -0.1) is 11.6 Å². The van der Waals surface area contributed by atoms with Gasteiger partial charge in [-0.05, 0) is 47.7 Å². The van der Waals surface area contributed by atoms with Gasteiger partial charge < -0.3 is 9.47 Å². The summed E-state index contributed by atoms with van der Waals surface area (Å²) in [4.78, 5) is 23.9. The second-order valence-corrected chi connectivity index (χ2v) is 7.95. The van der Waals surface area contributed by atoms with E-state index in [9.17, 15) is 9.59 Å². The second kappa shape index (κ2) is 11.6. The Bertz CT molecular complexity index is 782. The van der Waals surface area contributed by atoms with Crippen LogP contribution in [-0.2, 0) is 9.53 Å². The molecule has 0 aromatic heterocycles. The molecule has 29 heavy (non-hydrogen) atoms. The zero-order valence-electron chi connectivity index (χ0n) is 17.3. The van der Waals surface area contributed by atoms with Gasteiger partial charge in [-0.2, -0.15) is 0 Å². The second-order valence-electron chi connectivity index (χ2n) is 7.39. The van der Waals surface area contributed by atoms with E-state index in [0.717, 1.165) is 30.4 Å². The third-order valence-corrected chi connectivity index (χ3v) is 5.25. The molecule has 0 saturated heterocycles. The van der Waals surface area contributed by atoms with E-state index in [4.69, 9.17) is 21.1 Å². The maximum atomic E-state index is 12.1. The molecular weight excluding hydrogens is 388 g/mol. The third kappa shape index (κ3) is 7.54. The first kappa shape index (κ1) is 23.0. The van der Waals surface area contributed by atoms with Crippen LogP contribution in [0.5, 0.6) is 5.75 Å². The van der Waals surface area contributed by atoms with Crippen molar-refractivity contribution in [2.75, 3.05) is 6.61 Å². The summed E-state index contributed by atoms with van der Waals surface area (Å²) in [7, 11) is 0. The topological polar surface area (TPSA) is 52.6 Å². The number of carbonyl (C=O) groups is 2. The minimum Gasteiger partial charge on any atom is -0.461 e. The number of esters is 2. The zero-order chi connectivity index (χ0) is 21.2. The number of alkyl halides is 1. The van der Waals surface area contributed by atoms with Gasteiger partial charge in [-0.1, -0.05) is 57.9 Å². The van der Waals surface area contributed by atoms with Crippen molar-refractivity contribution in [3.63, 3.8) is 0 Å². The molecule has 2 aromatic carbocycles. The van der Waals surface area contributed by atoms with Gasteiger partial charge in [0.05, 0.1) is 10.9 Å². The molecule has 0 spiro atoms. The van der Waals surface area contributed by atoms with Crippen LogP contribution in [0, 0.1) is 5.92 Å². The predicted molar refractivity (Wildman–Crippen MR) is 116 cm³/mol. The Morgan fingerprint density at radius 1 is 0.931 bits per heavy atom. The molecule has 0 N–H and O–H groups in total. The summed E-state index contributed by atoms with van der Waals surface area (Å²) in [6, 6.07) is 14.5. The smallest absolute Gasteiger partial charge is 0.338 e. The number of benzene rings is 2. The fraction of sp³-hybridized carbons (Fsp3) is 0.417. The largest absolute Gasteiger partial charge is 0.461 e. The van der Waals surface area contributed by atoms with Gasteiger partial charge >= 0.3 is 11.9 Å². The molecule has 0 radical (unpaired) electrons. The summed E-state index contributed by atoms with van der Waals surface area (Å²) in [5, 5.41) is -0.197. The van der Waals surface area contributed by atoms with Crippen molar-refractivity contribution in [1.82, 2.24) is 0 Å². The summed E-state index contributed by atoms with van der Waals surface area (Å²) < 4.78 is 10.6. The Hall–Kier alpha value is -2.33. The van der Waals surface area contributed by atoms with Crippen molar-refractivity contribution in [3.05, 3.63) is 54.1 Å². The molecule has 0 saturated carbocycles. The van der Waals surface area contributed by atoms with Crippen LogP contribution in [0.2, 0.25) is 0 Å². The van der Waals surface area contributed by atoms with Gasteiger partial charge in [-0.3, -0.25) is 4.79 Å². The van der Waals surface area contributed by atoms with Gasteiger partial charge in [0.1, 0.15) is 12.4 Å². The Kier molecular flexibility index (Phi) is 9.20. The van der Waals surface area contributed by atoms with Crippen LogP contribution < -0.4 is 4.74 Å². The van der Waals surface area contributed by atoms with Gasteiger partial charge in [0.2, 0.25) is 0 Å². The van der Waals surface area contributed by atoms with E-state index in [1.807, 2.05) is 38.1 Å². The van der Waals surface area contributed by atoms with Crippen molar-refractivity contribution in [1.29, 1.82) is 0 Å². The highest BCUT2D eigenvalue weighted by atomic mass is 35.5. The molecule has 156 valence electrons. The van der Waals surface area contributed by atoms with Gasteiger partial charge in [0.15, 0.2) is 0 Å². The van der Waals surface area contributed by atoms with E-state index in [0.29, 0.717) is 17.7 Å². The van der Waals surface area contributed by atoms with E-state index in [2.05, 4.69) is 6.92 Å². The number of rotatable bonds is 10. The third-order valence-electron chi connectivity index (χ3n) is 4.62. The standard InChI is InChI=1S/C24H29ClO4/c1-4-5-6-7-23(26)29-21-14-12-19(13-15-21)18-8-10-20(11-9-18)24(27)28-16-22(25)17(2)3/h8-15,17,22H,4-7,16H2,1-3H3. The molecule has 0 bridgehead atoms. The molecule has 4 nitrogen and oxygen atoms in total. The highest BCUT2D eigenvalue weighted by Gasteiger charge is 2.14. The fourth-order valence-electron chi connectivity index (χ4n) is 2.65. The number of unbranched alkanes of at least 4 members (excludes halogenated alkanes) is 2. The van der Waals surface area contributed by atoms with Gasteiger partial charge in [0, 0.05) is 6.42 Å². The van der Waals surface area contributed by atoms with Crippen molar-refractivity contribution >= 4 is 23.5 Å². The van der Waals surface area contributed by atoms with Crippen molar-refractivity contribution in [2.45, 2.75) is 51.8 Å². The maximum Gasteiger partial charge on any atom is 0.338 e. The van der Waals surface area contributed by atoms with Crippen molar-refractivity contribution in [2.24, 2.45) is 5.92 Å². The van der Waals surface area contributed by atoms with Gasteiger partial charge in [-0.25, -0.2) is 4.79 Å². The first-order valence-electron chi connectivity index (χ1n) is 10.1. The lowest BCUT2D eigenvalue weighted by Gasteiger charge is -2.13. The molecule has 2 aromatic rings. The molecule has 0 heterocycles. The fourth-order valence-corrected chi connectivity index (χ4v) is 2.71. The molecule has 0 fully saturated rings. The average Bonchev–Trinajstić information content (AvgIpc) is 2.72. The van der Waals surface area contributed by atoms with Crippen molar-refractivity contribution < 1.29 is 19.1 Å². The number of halogens is 1. The summed E-state index contributed by atoms with van der Waals surface area (Å²) in [6.45, 7) is 6.26. The number of ether oxygens (including phenoxy) is 2. The normalized spacial score (nSPS) is 11.9. The number of hydrogen-bond acceptors (Lipinski definition) is 4. The molecule has 0 aliphatic rings. The SMILES string of the molecule is CCCCCC(=O)Oc1ccc(-c2ccc(C(=O)OCC(Cl)C(C)C)cc2)cc1. The lowest BCUT2D eigenvalue weighted by molar-refractivity contribution is -0.134. The molecule has 1 atom stereocenters. The van der Waals surface area contributed by atoms with E-state index in [1.54, 1.807) is 24.3 Å². The molecule has 0 aliphatic carbocycles. The number of hydrogen-bond donors (Lipinski definition) is 0. The number of carbonyl (C=O) groups excluding carboxylic acids is 2. The van der Waals surface area contributed by atoms with E-state index >= 15 is 0 Å². The summed E-state index contributed by atoms with van der Waals surface area (Å²) in [5.41, 5.74) is 2.41. The van der Waals surface area contributed by atoms with Crippen LogP contribution in [0.15, 0.2) is 48.5 Å². The summed E-state index contributed by atoms with van der Waals surface area (Å²) in [5.74, 6) is 0.195. The maximum absolute atomic E-state index is 12.1. The Morgan fingerprint density at radius 2 is 1.52 bits per heavy atom. The average molecular weight is 417 g/mol. The van der Waals surface area contributed by atoms with Crippen LogP contribution >= 0.6 is 11.6 Å². The summed E-state index contributed by atoms with van der Waals surface area (Å²) >= 11 is 6.12. The van der Waals surface area contributed by atoms with Gasteiger partial charge in [0.25, 0.3) is 0 Å². The van der Waals surface area contributed by atoms with E-state index in [-0.39, 0.29) is 29.8 Å². The van der Waals surface area contributed by atoms with Crippen molar-refractivity contribution in [3.8, 4) is 16.9 Å². The minimum absolute atomic E-state index is 0.193. The zero-order valence-corrected chi connectivity index (χ0v) is 18.1. The molecule has 0 amide bonds. The van der Waals surface area contributed by atoms with Crippen LogP contribution in [0.25, 0.3) is 11.1 Å². The Balaban J connectivity index is 1.92. The lowest BCUT2D eigenvalue weighted by atomic mass is 10.0. The molecule has 5 heteroatoms. The minimum atomic E-state index is -0.381. The van der Waals surface area contributed by atoms with Crippen LogP contribution in [-0.4, -0.2) is 23.9 Å². The molecule has 2 rings (SSSR count). The Labute approximate surface area is 178 Å². The lowest BCUT2D eigenvalue weighted by Crippen LogP contribution is -2.18. The summed E-state index contributed by atoms with van der Waals surface area (Å²) in [6.07, 6.45) is 3.39. The first-order valence-corrected chi connectivity index (χ1v) is 10.6. The highest BCUT2D eigenvalue weighted by molar-refractivity contribution is 6.21. The first-order chi connectivity index (χ1) is 13.9. The van der Waals surface area contributed by atoms with E-state index < -0.39 is 0 Å². The quantitative estimate of drug-likeness (QED) is 0.198. The van der Waals surface area contributed by atoms with Crippen LogP contribution in [0.1, 0.15) is 56.8 Å². The predicted octanol–water partition coefficient (Wildman–Crippen LogP) is 6.26. The Morgan fingerprint density at radius 3 is 2.07 bits per heavy atom. The molecule has 1 unspecified atom stereocenters. The monoisotopic (exact) mass is 416 g/mol. The molecule has 0 aliphatic heterocycles. The highest BCUT2D eigenvalue weighted by Crippen LogP contribution is 2.23.